The molecule has 6 rings (SSSR count). The van der Waals surface area contributed by atoms with Crippen LogP contribution in [-0.4, -0.2) is 62.9 Å². The Morgan fingerprint density at radius 1 is 1.14 bits per heavy atom. The zero-order valence-corrected chi connectivity index (χ0v) is 21.8. The van der Waals surface area contributed by atoms with E-state index in [0.29, 0.717) is 18.7 Å². The molecule has 2 aliphatic rings. The van der Waals surface area contributed by atoms with E-state index >= 15 is 0 Å². The van der Waals surface area contributed by atoms with Crippen molar-refractivity contribution in [3.63, 3.8) is 0 Å². The number of aryl methyl sites for hydroxylation is 1. The molecule has 37 heavy (non-hydrogen) atoms. The van der Waals surface area contributed by atoms with E-state index in [1.807, 2.05) is 40.0 Å². The van der Waals surface area contributed by atoms with Crippen LogP contribution in [0.25, 0.3) is 22.3 Å². The molecule has 1 aromatic carbocycles. The smallest absolute Gasteiger partial charge is 0.255 e. The van der Waals surface area contributed by atoms with Crippen molar-refractivity contribution in [3.05, 3.63) is 71.5 Å². The summed E-state index contributed by atoms with van der Waals surface area (Å²) in [5.74, 6) is 0.943. The van der Waals surface area contributed by atoms with Crippen LogP contribution >= 0.6 is 0 Å². The number of ether oxygens (including phenoxy) is 1. The van der Waals surface area contributed by atoms with Gasteiger partial charge in [-0.05, 0) is 44.9 Å². The minimum atomic E-state index is -0.0111. The summed E-state index contributed by atoms with van der Waals surface area (Å²) < 4.78 is 7.61. The van der Waals surface area contributed by atoms with Crippen LogP contribution in [-0.2, 0) is 11.3 Å². The van der Waals surface area contributed by atoms with Gasteiger partial charge in [-0.2, -0.15) is 5.10 Å². The fraction of sp³-hybridized carbons (Fsp3) is 0.379. The summed E-state index contributed by atoms with van der Waals surface area (Å²) in [6.45, 7) is 8.13. The minimum absolute atomic E-state index is 0.0111. The average molecular weight is 497 g/mol. The van der Waals surface area contributed by atoms with Crippen molar-refractivity contribution < 1.29 is 9.53 Å². The summed E-state index contributed by atoms with van der Waals surface area (Å²) in [4.78, 5) is 28.3. The minimum Gasteiger partial charge on any atom is -0.380 e. The number of fused-ring (bicyclic) bond motifs is 4. The van der Waals surface area contributed by atoms with Crippen molar-refractivity contribution in [2.24, 2.45) is 0 Å². The zero-order valence-electron chi connectivity index (χ0n) is 21.8. The molecule has 0 saturated carbocycles. The number of methoxy groups -OCH3 is 1. The predicted molar refractivity (Wildman–Crippen MR) is 144 cm³/mol. The molecule has 2 aliphatic heterocycles. The number of hydrogen-bond donors (Lipinski definition) is 0. The van der Waals surface area contributed by atoms with Gasteiger partial charge in [0.05, 0.1) is 35.0 Å². The molecule has 0 radical (unpaired) electrons. The normalized spacial score (nSPS) is 19.3. The predicted octanol–water partition coefficient (Wildman–Crippen LogP) is 4.63. The quantitative estimate of drug-likeness (QED) is 0.410. The number of amides is 1. The third-order valence-corrected chi connectivity index (χ3v) is 7.64. The van der Waals surface area contributed by atoms with Gasteiger partial charge in [0.2, 0.25) is 0 Å². The van der Waals surface area contributed by atoms with Gasteiger partial charge in [-0.25, -0.2) is 14.6 Å². The second-order valence-electron chi connectivity index (χ2n) is 10.4. The van der Waals surface area contributed by atoms with E-state index in [9.17, 15) is 4.79 Å². The number of anilines is 1. The van der Waals surface area contributed by atoms with Crippen LogP contribution in [0.1, 0.15) is 47.8 Å². The SMILES string of the molecule is CO[C@@H]1C[C@@H]2CN(C(=O)c3cc(-c4ccccc4C)nc4c3cnn4C(C)C)Cc3cccnc3N2C1. The highest BCUT2D eigenvalue weighted by Gasteiger charge is 2.39. The molecule has 0 N–H and O–H groups in total. The van der Waals surface area contributed by atoms with Crippen LogP contribution in [0.5, 0.6) is 0 Å². The molecule has 0 aliphatic carbocycles. The number of carbonyl (C=O) groups is 1. The van der Waals surface area contributed by atoms with Crippen LogP contribution in [0.3, 0.4) is 0 Å². The number of hydrogen-bond acceptors (Lipinski definition) is 6. The molecule has 8 heteroatoms. The standard InChI is InChI=1S/C29H32N6O2/c1-18(2)35-28-25(14-31-35)24(13-26(32-28)23-10-6-5-8-19(23)3)29(36)33-15-20-9-7-11-30-27(20)34-17-22(37-4)12-21(34)16-33/h5-11,13-14,18,21-22H,12,15-17H2,1-4H3/t21-,22-/m1/s1. The highest BCUT2D eigenvalue weighted by Crippen LogP contribution is 2.34. The van der Waals surface area contributed by atoms with Gasteiger partial charge in [0.15, 0.2) is 5.65 Å². The van der Waals surface area contributed by atoms with Crippen molar-refractivity contribution in [3.8, 4) is 11.3 Å². The summed E-state index contributed by atoms with van der Waals surface area (Å²) in [6, 6.07) is 14.4. The Labute approximate surface area is 216 Å². The lowest BCUT2D eigenvalue weighted by molar-refractivity contribution is 0.0728. The first-order valence-electron chi connectivity index (χ1n) is 12.9. The fourth-order valence-corrected chi connectivity index (χ4v) is 5.71. The number of pyridine rings is 2. The summed E-state index contributed by atoms with van der Waals surface area (Å²) in [7, 11) is 1.76. The van der Waals surface area contributed by atoms with Gasteiger partial charge in [-0.15, -0.1) is 0 Å². The molecule has 0 bridgehead atoms. The second-order valence-corrected chi connectivity index (χ2v) is 10.4. The third-order valence-electron chi connectivity index (χ3n) is 7.64. The molecule has 190 valence electrons. The van der Waals surface area contributed by atoms with Crippen LogP contribution in [0.2, 0.25) is 0 Å². The number of nitrogens with zero attached hydrogens (tertiary/aromatic N) is 6. The molecule has 0 spiro atoms. The van der Waals surface area contributed by atoms with Gasteiger partial charge in [0.25, 0.3) is 5.91 Å². The summed E-state index contributed by atoms with van der Waals surface area (Å²) in [6.07, 6.45) is 4.60. The summed E-state index contributed by atoms with van der Waals surface area (Å²) in [5, 5.41) is 5.40. The van der Waals surface area contributed by atoms with Crippen molar-refractivity contribution in [1.29, 1.82) is 0 Å². The maximum atomic E-state index is 14.4. The Hall–Kier alpha value is -3.78. The molecule has 1 amide bonds. The van der Waals surface area contributed by atoms with E-state index in [4.69, 9.17) is 14.7 Å². The van der Waals surface area contributed by atoms with E-state index in [-0.39, 0.29) is 24.1 Å². The molecule has 1 saturated heterocycles. The molecule has 1 fully saturated rings. The maximum Gasteiger partial charge on any atom is 0.255 e. The van der Waals surface area contributed by atoms with Gasteiger partial charge in [-0.3, -0.25) is 4.79 Å². The fourth-order valence-electron chi connectivity index (χ4n) is 5.71. The Balaban J connectivity index is 1.47. The van der Waals surface area contributed by atoms with Gasteiger partial charge in [0, 0.05) is 50.1 Å². The second kappa shape index (κ2) is 9.27. The molecule has 2 atom stereocenters. The molecular formula is C29H32N6O2. The molecule has 3 aromatic heterocycles. The van der Waals surface area contributed by atoms with Crippen molar-refractivity contribution >= 4 is 22.8 Å². The van der Waals surface area contributed by atoms with Crippen molar-refractivity contribution in [2.75, 3.05) is 25.1 Å². The van der Waals surface area contributed by atoms with Gasteiger partial charge >= 0.3 is 0 Å². The lowest BCUT2D eigenvalue weighted by Gasteiger charge is -2.27. The first-order chi connectivity index (χ1) is 17.9. The Bertz CT molecular complexity index is 1480. The largest absolute Gasteiger partial charge is 0.380 e. The number of rotatable bonds is 4. The number of carbonyl (C=O) groups excluding carboxylic acids is 1. The van der Waals surface area contributed by atoms with Crippen LogP contribution in [0, 0.1) is 6.92 Å². The van der Waals surface area contributed by atoms with E-state index in [1.54, 1.807) is 13.3 Å². The lowest BCUT2D eigenvalue weighted by atomic mass is 10.0. The molecule has 0 unspecified atom stereocenters. The third kappa shape index (κ3) is 4.05. The molecule has 8 nitrogen and oxygen atoms in total. The van der Waals surface area contributed by atoms with Crippen molar-refractivity contribution in [2.45, 2.75) is 51.9 Å². The van der Waals surface area contributed by atoms with E-state index in [0.717, 1.165) is 52.2 Å². The van der Waals surface area contributed by atoms with Gasteiger partial charge < -0.3 is 14.5 Å². The van der Waals surface area contributed by atoms with Crippen LogP contribution in [0.15, 0.2) is 54.9 Å². The summed E-state index contributed by atoms with van der Waals surface area (Å²) in [5.41, 5.74) is 5.34. The van der Waals surface area contributed by atoms with Crippen LogP contribution in [0.4, 0.5) is 5.82 Å². The molecule has 5 heterocycles. The lowest BCUT2D eigenvalue weighted by Crippen LogP contribution is -2.40. The number of aromatic nitrogens is 4. The highest BCUT2D eigenvalue weighted by molar-refractivity contribution is 6.06. The zero-order chi connectivity index (χ0) is 25.7. The maximum absolute atomic E-state index is 14.4. The monoisotopic (exact) mass is 496 g/mol. The van der Waals surface area contributed by atoms with Crippen molar-refractivity contribution in [1.82, 2.24) is 24.6 Å². The Kier molecular flexibility index (Phi) is 5.91. The average Bonchev–Trinajstić information content (AvgIpc) is 3.48. The topological polar surface area (TPSA) is 76.4 Å². The Morgan fingerprint density at radius 3 is 2.76 bits per heavy atom. The van der Waals surface area contributed by atoms with E-state index in [2.05, 4.69) is 49.0 Å². The first kappa shape index (κ1) is 23.6. The molecule has 4 aromatic rings. The molecular weight excluding hydrogens is 464 g/mol. The van der Waals surface area contributed by atoms with E-state index in [1.165, 1.54) is 0 Å². The van der Waals surface area contributed by atoms with Gasteiger partial charge in [0.1, 0.15) is 5.82 Å². The van der Waals surface area contributed by atoms with Crippen LogP contribution < -0.4 is 4.90 Å². The van der Waals surface area contributed by atoms with Gasteiger partial charge in [-0.1, -0.05) is 30.3 Å². The summed E-state index contributed by atoms with van der Waals surface area (Å²) >= 11 is 0. The Morgan fingerprint density at radius 2 is 1.97 bits per heavy atom. The highest BCUT2D eigenvalue weighted by atomic mass is 16.5. The number of benzene rings is 1. The van der Waals surface area contributed by atoms with E-state index < -0.39 is 0 Å². The first-order valence-corrected chi connectivity index (χ1v) is 12.9.